The number of aromatic hydroxyl groups is 1. The number of phenols is 1. The minimum Gasteiger partial charge on any atom is -0.507 e. The third-order valence-corrected chi connectivity index (χ3v) is 7.78. The van der Waals surface area contributed by atoms with E-state index in [1.54, 1.807) is 29.9 Å². The summed E-state index contributed by atoms with van der Waals surface area (Å²) >= 11 is 7.46. The van der Waals surface area contributed by atoms with Gasteiger partial charge in [-0.2, -0.15) is 0 Å². The number of halogens is 1. The molecule has 0 spiro atoms. The first-order valence-corrected chi connectivity index (χ1v) is 12.5. The van der Waals surface area contributed by atoms with Gasteiger partial charge in [0, 0.05) is 16.1 Å². The number of rotatable bonds is 3. The fraction of sp³-hybridized carbons (Fsp3) is 0.143. The zero-order valence-electron chi connectivity index (χ0n) is 18.9. The third-order valence-electron chi connectivity index (χ3n) is 6.56. The van der Waals surface area contributed by atoms with Gasteiger partial charge in [0.1, 0.15) is 11.5 Å². The van der Waals surface area contributed by atoms with Crippen molar-refractivity contribution in [3.63, 3.8) is 0 Å². The lowest BCUT2D eigenvalue weighted by Gasteiger charge is -2.31. The fourth-order valence-corrected chi connectivity index (χ4v) is 6.09. The molecule has 0 radical (unpaired) electrons. The second kappa shape index (κ2) is 8.56. The SMILES string of the molecule is COc1cccc([C@H]2C3=C(N=c4s/c(=C/c5cc(Cl)ccc5O)c(=O)n42)c2ccccc2CC3)c1. The molecule has 0 unspecified atom stereocenters. The predicted molar refractivity (Wildman–Crippen MR) is 139 cm³/mol. The van der Waals surface area contributed by atoms with Gasteiger partial charge in [0.05, 0.1) is 23.4 Å². The molecule has 4 aromatic rings. The monoisotopic (exact) mass is 500 g/mol. The topological polar surface area (TPSA) is 63.8 Å². The Balaban J connectivity index is 1.64. The summed E-state index contributed by atoms with van der Waals surface area (Å²) in [5.41, 5.74) is 5.78. The van der Waals surface area contributed by atoms with Crippen LogP contribution in [0.15, 0.2) is 82.1 Å². The van der Waals surface area contributed by atoms with Gasteiger partial charge in [0.15, 0.2) is 4.80 Å². The minimum absolute atomic E-state index is 0.0674. The van der Waals surface area contributed by atoms with Gasteiger partial charge in [-0.25, -0.2) is 4.99 Å². The van der Waals surface area contributed by atoms with Gasteiger partial charge >= 0.3 is 0 Å². The van der Waals surface area contributed by atoms with Gasteiger partial charge in [-0.1, -0.05) is 59.3 Å². The number of hydrogen-bond acceptors (Lipinski definition) is 5. The van der Waals surface area contributed by atoms with Crippen molar-refractivity contribution >= 4 is 34.7 Å². The summed E-state index contributed by atoms with van der Waals surface area (Å²) in [5.74, 6) is 0.807. The second-order valence-electron chi connectivity index (χ2n) is 8.59. The van der Waals surface area contributed by atoms with Crippen LogP contribution < -0.4 is 19.6 Å². The van der Waals surface area contributed by atoms with E-state index in [0.29, 0.717) is 19.9 Å². The number of methoxy groups -OCH3 is 1. The first kappa shape index (κ1) is 21.9. The summed E-state index contributed by atoms with van der Waals surface area (Å²) < 4.78 is 7.76. The molecule has 3 aromatic carbocycles. The molecular formula is C28H21ClN2O3S. The van der Waals surface area contributed by atoms with Crippen LogP contribution >= 0.6 is 22.9 Å². The molecule has 2 heterocycles. The second-order valence-corrected chi connectivity index (χ2v) is 10.0. The van der Waals surface area contributed by atoms with E-state index in [9.17, 15) is 9.90 Å². The van der Waals surface area contributed by atoms with Crippen LogP contribution in [0.4, 0.5) is 0 Å². The number of hydrogen-bond donors (Lipinski definition) is 1. The van der Waals surface area contributed by atoms with Crippen molar-refractivity contribution in [1.29, 1.82) is 0 Å². The molecule has 6 rings (SSSR count). The Morgan fingerprint density at radius 2 is 1.97 bits per heavy atom. The summed E-state index contributed by atoms with van der Waals surface area (Å²) in [6.45, 7) is 0. The number of ether oxygens (including phenoxy) is 1. The van der Waals surface area contributed by atoms with Crippen molar-refractivity contribution in [3.8, 4) is 11.5 Å². The van der Waals surface area contributed by atoms with E-state index >= 15 is 0 Å². The van der Waals surface area contributed by atoms with Crippen LogP contribution in [0.1, 0.15) is 34.7 Å². The summed E-state index contributed by atoms with van der Waals surface area (Å²) in [7, 11) is 1.64. The Bertz CT molecular complexity index is 1700. The average Bonchev–Trinajstić information content (AvgIpc) is 3.19. The Labute approximate surface area is 210 Å². The van der Waals surface area contributed by atoms with E-state index in [4.69, 9.17) is 21.3 Å². The standard InChI is InChI=1S/C28H21ClN2O3S/c1-34-20-7-4-6-17(14-20)26-22-11-9-16-5-2-3-8-21(16)25(22)30-28-31(26)27(33)24(35-28)15-18-13-19(29)10-12-23(18)32/h2-8,10,12-15,26,32H,9,11H2,1H3/b24-15+/t26-/m0/s1. The van der Waals surface area contributed by atoms with Crippen LogP contribution in [0, 0.1) is 0 Å². The van der Waals surface area contributed by atoms with Crippen LogP contribution in [-0.2, 0) is 6.42 Å². The molecule has 7 heteroatoms. The molecule has 35 heavy (non-hydrogen) atoms. The van der Waals surface area contributed by atoms with Crippen molar-refractivity contribution in [3.05, 3.63) is 119 Å². The van der Waals surface area contributed by atoms with Crippen molar-refractivity contribution in [2.24, 2.45) is 4.99 Å². The number of aryl methyl sites for hydroxylation is 1. The van der Waals surface area contributed by atoms with Gasteiger partial charge in [-0.15, -0.1) is 0 Å². The molecule has 1 atom stereocenters. The van der Waals surface area contributed by atoms with Crippen LogP contribution in [0.5, 0.6) is 11.5 Å². The molecule has 0 saturated heterocycles. The van der Waals surface area contributed by atoms with E-state index in [1.165, 1.54) is 23.0 Å². The zero-order chi connectivity index (χ0) is 24.1. The van der Waals surface area contributed by atoms with E-state index < -0.39 is 0 Å². The highest BCUT2D eigenvalue weighted by molar-refractivity contribution is 7.07. The summed E-state index contributed by atoms with van der Waals surface area (Å²) in [5, 5.41) is 10.8. The Kier molecular flexibility index (Phi) is 5.35. The van der Waals surface area contributed by atoms with Gasteiger partial charge in [0.25, 0.3) is 5.56 Å². The lowest BCUT2D eigenvalue weighted by molar-refractivity contribution is 0.413. The minimum atomic E-state index is -0.292. The van der Waals surface area contributed by atoms with Crippen molar-refractivity contribution in [2.75, 3.05) is 7.11 Å². The molecule has 0 saturated carbocycles. The highest BCUT2D eigenvalue weighted by Crippen LogP contribution is 2.41. The van der Waals surface area contributed by atoms with Gasteiger partial charge < -0.3 is 9.84 Å². The maximum atomic E-state index is 13.8. The first-order valence-electron chi connectivity index (χ1n) is 11.3. The van der Waals surface area contributed by atoms with Gasteiger partial charge in [-0.05, 0) is 65.9 Å². The van der Waals surface area contributed by atoms with Crippen molar-refractivity contribution in [2.45, 2.75) is 18.9 Å². The van der Waals surface area contributed by atoms with Crippen molar-refractivity contribution in [1.82, 2.24) is 4.57 Å². The molecule has 174 valence electrons. The van der Waals surface area contributed by atoms with Crippen LogP contribution in [0.3, 0.4) is 0 Å². The molecule has 1 N–H and O–H groups in total. The Morgan fingerprint density at radius 1 is 1.11 bits per heavy atom. The summed E-state index contributed by atoms with van der Waals surface area (Å²) in [6.07, 6.45) is 3.40. The third kappa shape index (κ3) is 3.70. The highest BCUT2D eigenvalue weighted by atomic mass is 35.5. The fourth-order valence-electron chi connectivity index (χ4n) is 4.92. The Hall–Kier alpha value is -3.61. The molecule has 0 amide bonds. The van der Waals surface area contributed by atoms with Crippen LogP contribution in [0.2, 0.25) is 5.02 Å². The molecule has 1 aliphatic heterocycles. The van der Waals surface area contributed by atoms with Crippen molar-refractivity contribution < 1.29 is 9.84 Å². The van der Waals surface area contributed by atoms with Gasteiger partial charge in [-0.3, -0.25) is 9.36 Å². The average molecular weight is 501 g/mol. The highest BCUT2D eigenvalue weighted by Gasteiger charge is 2.32. The quantitative estimate of drug-likeness (QED) is 0.444. The summed E-state index contributed by atoms with van der Waals surface area (Å²) in [4.78, 5) is 19.4. The van der Waals surface area contributed by atoms with E-state index in [2.05, 4.69) is 18.2 Å². The Morgan fingerprint density at radius 3 is 2.83 bits per heavy atom. The molecule has 1 aromatic heterocycles. The molecular weight excluding hydrogens is 480 g/mol. The molecule has 5 nitrogen and oxygen atoms in total. The lowest BCUT2D eigenvalue weighted by atomic mass is 9.83. The summed E-state index contributed by atoms with van der Waals surface area (Å²) in [6, 6.07) is 20.7. The van der Waals surface area contributed by atoms with Crippen LogP contribution in [0.25, 0.3) is 11.8 Å². The molecule has 2 aliphatic rings. The maximum absolute atomic E-state index is 13.8. The number of aromatic nitrogens is 1. The number of allylic oxidation sites excluding steroid dienone is 1. The normalized spacial score (nSPS) is 16.9. The van der Waals surface area contributed by atoms with Crippen LogP contribution in [-0.4, -0.2) is 16.8 Å². The van der Waals surface area contributed by atoms with E-state index in [0.717, 1.165) is 41.0 Å². The zero-order valence-corrected chi connectivity index (χ0v) is 20.4. The number of benzene rings is 3. The van der Waals surface area contributed by atoms with Gasteiger partial charge in [0.2, 0.25) is 0 Å². The largest absolute Gasteiger partial charge is 0.507 e. The number of phenolic OH excluding ortho intramolecular Hbond substituents is 1. The molecule has 0 fully saturated rings. The first-order chi connectivity index (χ1) is 17.0. The number of thiazole rings is 1. The molecule has 1 aliphatic carbocycles. The number of fused-ring (bicyclic) bond motifs is 3. The van der Waals surface area contributed by atoms with E-state index in [1.807, 2.05) is 30.3 Å². The maximum Gasteiger partial charge on any atom is 0.271 e. The molecule has 0 bridgehead atoms. The lowest BCUT2D eigenvalue weighted by Crippen LogP contribution is -2.38. The predicted octanol–water partition coefficient (Wildman–Crippen LogP) is 4.69. The number of nitrogens with zero attached hydrogens (tertiary/aromatic N) is 2. The van der Waals surface area contributed by atoms with E-state index in [-0.39, 0.29) is 17.4 Å². The smallest absolute Gasteiger partial charge is 0.271 e.